The zero-order chi connectivity index (χ0) is 13.7. The number of hydrogen-bond donors (Lipinski definition) is 0. The van der Waals surface area contributed by atoms with Crippen molar-refractivity contribution in [2.45, 2.75) is 25.3 Å². The molecule has 0 atom stereocenters. The van der Waals surface area contributed by atoms with Crippen molar-refractivity contribution in [2.75, 3.05) is 7.11 Å². The maximum absolute atomic E-state index is 12.3. The van der Waals surface area contributed by atoms with Crippen LogP contribution in [0.25, 0.3) is 0 Å². The molecule has 18 heavy (non-hydrogen) atoms. The van der Waals surface area contributed by atoms with E-state index in [1.54, 1.807) is 13.0 Å². The molecule has 0 saturated carbocycles. The molecular formula is C12H13BrF2O3. The summed E-state index contributed by atoms with van der Waals surface area (Å²) < 4.78 is 33.5. The first-order valence-electron chi connectivity index (χ1n) is 5.18. The molecule has 0 aromatic heterocycles. The van der Waals surface area contributed by atoms with E-state index >= 15 is 0 Å². The summed E-state index contributed by atoms with van der Waals surface area (Å²) in [5.74, 6) is -0.339. The molecule has 100 valence electrons. The van der Waals surface area contributed by atoms with Crippen LogP contribution < -0.4 is 4.74 Å². The van der Waals surface area contributed by atoms with Crippen LogP contribution in [0.1, 0.15) is 16.7 Å². The molecule has 0 bridgehead atoms. The summed E-state index contributed by atoms with van der Waals surface area (Å²) in [4.78, 5) is 11.2. The average Bonchev–Trinajstić information content (AvgIpc) is 2.33. The number of halogens is 3. The number of hydrogen-bond acceptors (Lipinski definition) is 3. The van der Waals surface area contributed by atoms with Gasteiger partial charge in [0.25, 0.3) is 0 Å². The van der Waals surface area contributed by atoms with Gasteiger partial charge in [0, 0.05) is 5.33 Å². The molecule has 1 rings (SSSR count). The van der Waals surface area contributed by atoms with Gasteiger partial charge in [-0.05, 0) is 29.7 Å². The van der Waals surface area contributed by atoms with Crippen LogP contribution in [0.15, 0.2) is 12.1 Å². The molecule has 0 spiro atoms. The fourth-order valence-electron chi connectivity index (χ4n) is 1.52. The van der Waals surface area contributed by atoms with Gasteiger partial charge in [0.05, 0.1) is 13.5 Å². The van der Waals surface area contributed by atoms with E-state index in [1.165, 1.54) is 13.2 Å². The minimum absolute atomic E-state index is 0.0305. The Bertz CT molecular complexity index is 436. The lowest BCUT2D eigenvalue weighted by atomic mass is 10.0. The molecule has 3 nitrogen and oxygen atoms in total. The van der Waals surface area contributed by atoms with Gasteiger partial charge in [-0.3, -0.25) is 4.79 Å². The summed E-state index contributed by atoms with van der Waals surface area (Å²) in [7, 11) is 1.28. The third-order valence-electron chi connectivity index (χ3n) is 2.46. The highest BCUT2D eigenvalue weighted by Crippen LogP contribution is 2.27. The molecule has 0 aliphatic carbocycles. The van der Waals surface area contributed by atoms with E-state index in [4.69, 9.17) is 0 Å². The third-order valence-corrected chi connectivity index (χ3v) is 3.11. The second-order valence-corrected chi connectivity index (χ2v) is 4.20. The van der Waals surface area contributed by atoms with Crippen LogP contribution in [0.2, 0.25) is 0 Å². The molecule has 0 amide bonds. The summed E-state index contributed by atoms with van der Waals surface area (Å²) in [6.07, 6.45) is 0.0305. The number of ether oxygens (including phenoxy) is 2. The largest absolute Gasteiger partial charge is 0.469 e. The standard InChI is InChI=1S/C12H13BrF2O3/c1-7-9(5-11(16)17-2)3-8(6-13)4-10(7)18-12(14)15/h3-4,12H,5-6H2,1-2H3. The van der Waals surface area contributed by atoms with Gasteiger partial charge in [-0.25, -0.2) is 0 Å². The summed E-state index contributed by atoms with van der Waals surface area (Å²) in [6.45, 7) is -1.26. The zero-order valence-electron chi connectivity index (χ0n) is 10.0. The molecule has 0 unspecified atom stereocenters. The van der Waals surface area contributed by atoms with Gasteiger partial charge in [-0.1, -0.05) is 22.0 Å². The Kier molecular flexibility index (Phi) is 5.53. The van der Waals surface area contributed by atoms with Gasteiger partial charge in [-0.2, -0.15) is 8.78 Å². The monoisotopic (exact) mass is 322 g/mol. The van der Waals surface area contributed by atoms with Crippen molar-refractivity contribution in [3.8, 4) is 5.75 Å². The highest BCUT2D eigenvalue weighted by molar-refractivity contribution is 9.08. The predicted octanol–water partition coefficient (Wildman–Crippen LogP) is 3.21. The first-order chi connectivity index (χ1) is 8.47. The van der Waals surface area contributed by atoms with Gasteiger partial charge >= 0.3 is 12.6 Å². The van der Waals surface area contributed by atoms with Gasteiger partial charge in [0.15, 0.2) is 0 Å². The second-order valence-electron chi connectivity index (χ2n) is 3.64. The Morgan fingerprint density at radius 3 is 2.61 bits per heavy atom. The van der Waals surface area contributed by atoms with E-state index in [-0.39, 0.29) is 12.2 Å². The molecule has 0 N–H and O–H groups in total. The smallest absolute Gasteiger partial charge is 0.387 e. The lowest BCUT2D eigenvalue weighted by molar-refractivity contribution is -0.139. The maximum atomic E-state index is 12.3. The van der Waals surface area contributed by atoms with E-state index in [0.717, 1.165) is 5.56 Å². The molecule has 1 aromatic carbocycles. The Morgan fingerprint density at radius 2 is 2.11 bits per heavy atom. The van der Waals surface area contributed by atoms with E-state index in [1.807, 2.05) is 0 Å². The summed E-state index contributed by atoms with van der Waals surface area (Å²) in [6, 6.07) is 3.29. The summed E-state index contributed by atoms with van der Waals surface area (Å²) in [5, 5.41) is 0.487. The van der Waals surface area contributed by atoms with Gasteiger partial charge in [-0.15, -0.1) is 0 Å². The summed E-state index contributed by atoms with van der Waals surface area (Å²) in [5.41, 5.74) is 1.90. The molecule has 0 heterocycles. The van der Waals surface area contributed by atoms with Gasteiger partial charge in [0.1, 0.15) is 5.75 Å². The molecule has 0 saturated heterocycles. The van der Waals surface area contributed by atoms with Gasteiger partial charge in [0.2, 0.25) is 0 Å². The summed E-state index contributed by atoms with van der Waals surface area (Å²) >= 11 is 3.24. The lowest BCUT2D eigenvalue weighted by Crippen LogP contribution is -2.09. The number of esters is 1. The fourth-order valence-corrected chi connectivity index (χ4v) is 1.84. The molecule has 0 aliphatic rings. The van der Waals surface area contributed by atoms with Crippen molar-refractivity contribution in [2.24, 2.45) is 0 Å². The van der Waals surface area contributed by atoms with Crippen LogP contribution in [-0.2, 0) is 21.3 Å². The molecule has 0 aliphatic heterocycles. The Balaban J connectivity index is 3.11. The van der Waals surface area contributed by atoms with Crippen molar-refractivity contribution < 1.29 is 23.0 Å². The number of rotatable bonds is 5. The van der Waals surface area contributed by atoms with Crippen molar-refractivity contribution in [1.29, 1.82) is 0 Å². The van der Waals surface area contributed by atoms with E-state index in [0.29, 0.717) is 16.5 Å². The quantitative estimate of drug-likeness (QED) is 0.617. The van der Waals surface area contributed by atoms with Crippen molar-refractivity contribution >= 4 is 21.9 Å². The van der Waals surface area contributed by atoms with E-state index in [9.17, 15) is 13.6 Å². The first kappa shape index (κ1) is 14.9. The van der Waals surface area contributed by atoms with Crippen LogP contribution in [0.3, 0.4) is 0 Å². The maximum Gasteiger partial charge on any atom is 0.387 e. The number of benzene rings is 1. The minimum atomic E-state index is -2.89. The zero-order valence-corrected chi connectivity index (χ0v) is 11.6. The molecule has 1 aromatic rings. The van der Waals surface area contributed by atoms with Crippen molar-refractivity contribution in [3.63, 3.8) is 0 Å². The average molecular weight is 323 g/mol. The third kappa shape index (κ3) is 3.94. The number of carbonyl (C=O) groups excluding carboxylic acids is 1. The first-order valence-corrected chi connectivity index (χ1v) is 6.30. The Morgan fingerprint density at radius 1 is 1.44 bits per heavy atom. The van der Waals surface area contributed by atoms with Crippen molar-refractivity contribution in [3.05, 3.63) is 28.8 Å². The van der Waals surface area contributed by atoms with Crippen molar-refractivity contribution in [1.82, 2.24) is 0 Å². The number of carbonyl (C=O) groups is 1. The van der Waals surface area contributed by atoms with Crippen LogP contribution in [0.5, 0.6) is 5.75 Å². The minimum Gasteiger partial charge on any atom is -0.469 e. The molecule has 6 heteroatoms. The lowest BCUT2D eigenvalue weighted by Gasteiger charge is -2.13. The highest BCUT2D eigenvalue weighted by atomic mass is 79.9. The van der Waals surface area contributed by atoms with E-state index in [2.05, 4.69) is 25.4 Å². The molecular weight excluding hydrogens is 310 g/mol. The Labute approximate surface area is 112 Å². The van der Waals surface area contributed by atoms with Crippen LogP contribution in [0, 0.1) is 6.92 Å². The number of methoxy groups -OCH3 is 1. The Hall–Kier alpha value is -1.17. The molecule has 0 radical (unpaired) electrons. The van der Waals surface area contributed by atoms with Crippen LogP contribution in [-0.4, -0.2) is 19.7 Å². The fraction of sp³-hybridized carbons (Fsp3) is 0.417. The van der Waals surface area contributed by atoms with Crippen LogP contribution >= 0.6 is 15.9 Å². The predicted molar refractivity (Wildman–Crippen MR) is 66.2 cm³/mol. The van der Waals surface area contributed by atoms with Crippen LogP contribution in [0.4, 0.5) is 8.78 Å². The van der Waals surface area contributed by atoms with E-state index < -0.39 is 12.6 Å². The second kappa shape index (κ2) is 6.68. The SMILES string of the molecule is COC(=O)Cc1cc(CBr)cc(OC(F)F)c1C. The number of alkyl halides is 3. The topological polar surface area (TPSA) is 35.5 Å². The normalized spacial score (nSPS) is 10.6. The molecule has 0 fully saturated rings. The highest BCUT2D eigenvalue weighted by Gasteiger charge is 2.14. The van der Waals surface area contributed by atoms with Gasteiger partial charge < -0.3 is 9.47 Å².